The molecule has 0 aliphatic rings. The lowest BCUT2D eigenvalue weighted by Crippen LogP contribution is -2.13. The molecule has 2 aromatic rings. The summed E-state index contributed by atoms with van der Waals surface area (Å²) in [6, 6.07) is 15.2. The Morgan fingerprint density at radius 1 is 1.21 bits per heavy atom. The number of thioether (sulfide) groups is 1. The average molecular weight is 404 g/mol. The summed E-state index contributed by atoms with van der Waals surface area (Å²) in [5.74, 6) is 0.370. The highest BCUT2D eigenvalue weighted by molar-refractivity contribution is 14.1. The number of benzene rings is 2. The third kappa shape index (κ3) is 5.04. The minimum absolute atomic E-state index is 0.0121. The second-order valence-corrected chi connectivity index (χ2v) is 6.53. The lowest BCUT2D eigenvalue weighted by atomic mass is 10.3. The molecule has 0 saturated heterocycles. The van der Waals surface area contributed by atoms with Crippen LogP contribution in [0.3, 0.4) is 0 Å². The van der Waals surface area contributed by atoms with Crippen LogP contribution in [0, 0.1) is 3.57 Å². The van der Waals surface area contributed by atoms with Crippen LogP contribution in [-0.4, -0.2) is 11.7 Å². The van der Waals surface area contributed by atoms with Crippen molar-refractivity contribution in [2.45, 2.75) is 4.90 Å². The quantitative estimate of drug-likeness (QED) is 0.593. The van der Waals surface area contributed by atoms with Crippen molar-refractivity contribution in [2.24, 2.45) is 0 Å². The van der Waals surface area contributed by atoms with E-state index < -0.39 is 0 Å². The fraction of sp³-hybridized carbons (Fsp3) is 0.0714. The average Bonchev–Trinajstić information content (AvgIpc) is 2.38. The molecule has 1 N–H and O–H groups in total. The molecule has 0 aromatic heterocycles. The first kappa shape index (κ1) is 14.7. The van der Waals surface area contributed by atoms with Gasteiger partial charge in [-0.3, -0.25) is 4.79 Å². The van der Waals surface area contributed by atoms with Gasteiger partial charge in [-0.1, -0.05) is 17.7 Å². The molecule has 0 bridgehead atoms. The molecular weight excluding hydrogens is 393 g/mol. The van der Waals surface area contributed by atoms with Gasteiger partial charge in [-0.05, 0) is 65.1 Å². The van der Waals surface area contributed by atoms with Gasteiger partial charge in [0.15, 0.2) is 0 Å². The monoisotopic (exact) mass is 403 g/mol. The molecule has 98 valence electrons. The number of hydrogen-bond donors (Lipinski definition) is 1. The van der Waals surface area contributed by atoms with Crippen LogP contribution in [0.5, 0.6) is 0 Å². The van der Waals surface area contributed by atoms with Gasteiger partial charge in [0.05, 0.1) is 5.75 Å². The van der Waals surface area contributed by atoms with Gasteiger partial charge in [0.2, 0.25) is 5.91 Å². The van der Waals surface area contributed by atoms with Gasteiger partial charge >= 0.3 is 0 Å². The summed E-state index contributed by atoms with van der Waals surface area (Å²) in [4.78, 5) is 12.8. The number of nitrogens with one attached hydrogen (secondary N) is 1. The molecule has 2 aromatic carbocycles. The van der Waals surface area contributed by atoms with Crippen molar-refractivity contribution in [3.05, 3.63) is 57.1 Å². The number of hydrogen-bond acceptors (Lipinski definition) is 2. The summed E-state index contributed by atoms with van der Waals surface area (Å²) in [7, 11) is 0. The van der Waals surface area contributed by atoms with E-state index in [0.29, 0.717) is 10.8 Å². The van der Waals surface area contributed by atoms with E-state index in [1.165, 1.54) is 11.8 Å². The van der Waals surface area contributed by atoms with Gasteiger partial charge in [-0.15, -0.1) is 11.8 Å². The van der Waals surface area contributed by atoms with Crippen molar-refractivity contribution in [2.75, 3.05) is 11.1 Å². The van der Waals surface area contributed by atoms with Gasteiger partial charge in [0.1, 0.15) is 0 Å². The Labute approximate surface area is 135 Å². The zero-order valence-electron chi connectivity index (χ0n) is 9.90. The summed E-state index contributed by atoms with van der Waals surface area (Å²) >= 11 is 9.51. The number of rotatable bonds is 4. The molecule has 0 radical (unpaired) electrons. The molecule has 0 unspecified atom stereocenters. The van der Waals surface area contributed by atoms with Crippen LogP contribution in [-0.2, 0) is 4.79 Å². The molecule has 0 heterocycles. The molecule has 0 atom stereocenters. The second-order valence-electron chi connectivity index (χ2n) is 3.80. The first-order valence-electron chi connectivity index (χ1n) is 5.57. The van der Waals surface area contributed by atoms with Crippen LogP contribution in [0.2, 0.25) is 5.02 Å². The number of carbonyl (C=O) groups is 1. The van der Waals surface area contributed by atoms with E-state index in [0.717, 1.165) is 14.2 Å². The van der Waals surface area contributed by atoms with E-state index in [1.807, 2.05) is 48.5 Å². The Kier molecular flexibility index (Phi) is 5.54. The topological polar surface area (TPSA) is 29.1 Å². The van der Waals surface area contributed by atoms with Crippen molar-refractivity contribution in [1.82, 2.24) is 0 Å². The fourth-order valence-electron chi connectivity index (χ4n) is 1.44. The molecule has 0 spiro atoms. The lowest BCUT2D eigenvalue weighted by molar-refractivity contribution is -0.113. The van der Waals surface area contributed by atoms with E-state index in [2.05, 4.69) is 27.9 Å². The third-order valence-electron chi connectivity index (χ3n) is 2.29. The van der Waals surface area contributed by atoms with Crippen molar-refractivity contribution < 1.29 is 4.79 Å². The van der Waals surface area contributed by atoms with Gasteiger partial charge in [-0.25, -0.2) is 0 Å². The second kappa shape index (κ2) is 7.17. The Morgan fingerprint density at radius 2 is 1.95 bits per heavy atom. The van der Waals surface area contributed by atoms with Gasteiger partial charge in [-0.2, -0.15) is 0 Å². The highest BCUT2D eigenvalue weighted by atomic mass is 127. The fourth-order valence-corrected chi connectivity index (χ4v) is 2.81. The van der Waals surface area contributed by atoms with E-state index in [4.69, 9.17) is 11.6 Å². The molecule has 5 heteroatoms. The molecular formula is C14H11ClINOS. The third-order valence-corrected chi connectivity index (χ3v) is 4.23. The van der Waals surface area contributed by atoms with Gasteiger partial charge < -0.3 is 5.32 Å². The zero-order valence-corrected chi connectivity index (χ0v) is 13.6. The number of amides is 1. The molecule has 0 saturated carbocycles. The maximum Gasteiger partial charge on any atom is 0.234 e. The summed E-state index contributed by atoms with van der Waals surface area (Å²) < 4.78 is 1.10. The summed E-state index contributed by atoms with van der Waals surface area (Å²) in [5.41, 5.74) is 0.827. The van der Waals surface area contributed by atoms with Crippen LogP contribution < -0.4 is 5.32 Å². The Balaban J connectivity index is 1.86. The van der Waals surface area contributed by atoms with E-state index in [1.54, 1.807) is 0 Å². The van der Waals surface area contributed by atoms with Crippen molar-refractivity contribution in [3.8, 4) is 0 Å². The van der Waals surface area contributed by atoms with Crippen LogP contribution in [0.4, 0.5) is 5.69 Å². The molecule has 0 aliphatic heterocycles. The minimum atomic E-state index is -0.0121. The first-order chi connectivity index (χ1) is 9.13. The molecule has 2 nitrogen and oxygen atoms in total. The minimum Gasteiger partial charge on any atom is -0.325 e. The van der Waals surface area contributed by atoms with Crippen LogP contribution in [0.15, 0.2) is 53.4 Å². The molecule has 0 aliphatic carbocycles. The van der Waals surface area contributed by atoms with Crippen molar-refractivity contribution in [1.29, 1.82) is 0 Å². The van der Waals surface area contributed by atoms with Gasteiger partial charge in [0.25, 0.3) is 0 Å². The first-order valence-corrected chi connectivity index (χ1v) is 8.01. The smallest absolute Gasteiger partial charge is 0.234 e. The summed E-state index contributed by atoms with van der Waals surface area (Å²) in [6.07, 6.45) is 0. The number of anilines is 1. The number of carbonyl (C=O) groups excluding carboxylic acids is 1. The van der Waals surface area contributed by atoms with Crippen molar-refractivity contribution >= 4 is 57.5 Å². The predicted octanol–water partition coefficient (Wildman–Crippen LogP) is 4.68. The van der Waals surface area contributed by atoms with Crippen LogP contribution >= 0.6 is 46.0 Å². The van der Waals surface area contributed by atoms with Gasteiger partial charge in [0, 0.05) is 19.2 Å². The highest BCUT2D eigenvalue weighted by Gasteiger charge is 2.04. The SMILES string of the molecule is O=C(CSc1ccc(Cl)cc1)Nc1cccc(I)c1. The molecule has 1 amide bonds. The maximum atomic E-state index is 11.8. The molecule has 2 rings (SSSR count). The molecule has 19 heavy (non-hydrogen) atoms. The van der Waals surface area contributed by atoms with E-state index >= 15 is 0 Å². The zero-order chi connectivity index (χ0) is 13.7. The highest BCUT2D eigenvalue weighted by Crippen LogP contribution is 2.20. The van der Waals surface area contributed by atoms with Crippen LogP contribution in [0.1, 0.15) is 0 Å². The maximum absolute atomic E-state index is 11.8. The summed E-state index contributed by atoms with van der Waals surface area (Å²) in [6.45, 7) is 0. The largest absolute Gasteiger partial charge is 0.325 e. The standard InChI is InChI=1S/C14H11ClINOS/c15-10-4-6-13(7-5-10)19-9-14(18)17-12-3-1-2-11(16)8-12/h1-8H,9H2,(H,17,18). The Bertz CT molecular complexity index is 574. The van der Waals surface area contributed by atoms with E-state index in [9.17, 15) is 4.79 Å². The summed E-state index contributed by atoms with van der Waals surface area (Å²) in [5, 5.41) is 3.58. The van der Waals surface area contributed by atoms with Crippen molar-refractivity contribution in [3.63, 3.8) is 0 Å². The predicted molar refractivity (Wildman–Crippen MR) is 90.0 cm³/mol. The Hall–Kier alpha value is -0.720. The van der Waals surface area contributed by atoms with Crippen LogP contribution in [0.25, 0.3) is 0 Å². The Morgan fingerprint density at radius 3 is 2.63 bits per heavy atom. The normalized spacial score (nSPS) is 10.2. The lowest BCUT2D eigenvalue weighted by Gasteiger charge is -2.05. The van der Waals surface area contributed by atoms with E-state index in [-0.39, 0.29) is 5.91 Å². The number of halogens is 2. The molecule has 0 fully saturated rings.